The van der Waals surface area contributed by atoms with Gasteiger partial charge in [-0.05, 0) is 24.1 Å². The summed E-state index contributed by atoms with van der Waals surface area (Å²) in [5, 5.41) is 9.73. The number of nitriles is 1. The summed E-state index contributed by atoms with van der Waals surface area (Å²) in [7, 11) is -3.45. The van der Waals surface area contributed by atoms with E-state index in [9.17, 15) is 13.2 Å². The van der Waals surface area contributed by atoms with Crippen LogP contribution in [0.25, 0.3) is 0 Å². The summed E-state index contributed by atoms with van der Waals surface area (Å²) in [6, 6.07) is 6.51. The molecule has 0 bridgehead atoms. The Balaban J connectivity index is 1.78. The van der Waals surface area contributed by atoms with Gasteiger partial charge in [0.1, 0.15) is 16.7 Å². The van der Waals surface area contributed by atoms with E-state index in [0.717, 1.165) is 11.4 Å². The molecule has 0 N–H and O–H groups in total. The van der Waals surface area contributed by atoms with Crippen molar-refractivity contribution in [2.75, 3.05) is 43.9 Å². The lowest BCUT2D eigenvalue weighted by Crippen LogP contribution is -2.48. The van der Waals surface area contributed by atoms with Crippen LogP contribution in [0.2, 0.25) is 0 Å². The predicted molar refractivity (Wildman–Crippen MR) is 115 cm³/mol. The zero-order valence-corrected chi connectivity index (χ0v) is 18.8. The molecule has 1 aliphatic heterocycles. The number of amides is 1. The zero-order chi connectivity index (χ0) is 21.9. The third-order valence-corrected chi connectivity index (χ3v) is 6.70. The van der Waals surface area contributed by atoms with E-state index >= 15 is 0 Å². The van der Waals surface area contributed by atoms with Crippen LogP contribution in [0.15, 0.2) is 29.3 Å². The summed E-state index contributed by atoms with van der Waals surface area (Å²) < 4.78 is 29.8. The van der Waals surface area contributed by atoms with Crippen molar-refractivity contribution in [2.24, 2.45) is 5.92 Å². The molecule has 30 heavy (non-hydrogen) atoms. The maximum absolute atomic E-state index is 13.2. The summed E-state index contributed by atoms with van der Waals surface area (Å²) in [6.07, 6.45) is 2.67. The maximum Gasteiger partial charge on any atom is 0.257 e. The molecule has 1 aromatic heterocycles. The number of nitrogens with zero attached hydrogens (tertiary/aromatic N) is 4. The number of thiazole rings is 1. The van der Waals surface area contributed by atoms with Crippen molar-refractivity contribution in [2.45, 2.75) is 18.7 Å². The Kier molecular flexibility index (Phi) is 6.63. The highest BCUT2D eigenvalue weighted by atomic mass is 32.2. The average Bonchev–Trinajstić information content (AvgIpc) is 3.20. The van der Waals surface area contributed by atoms with Crippen LogP contribution in [-0.2, 0) is 9.84 Å². The second kappa shape index (κ2) is 9.02. The monoisotopic (exact) mass is 448 g/mol. The Bertz CT molecular complexity index is 1060. The highest BCUT2D eigenvalue weighted by molar-refractivity contribution is 7.90. The third-order valence-electron chi connectivity index (χ3n) is 4.62. The Morgan fingerprint density at radius 1 is 1.30 bits per heavy atom. The molecule has 0 aliphatic carbocycles. The van der Waals surface area contributed by atoms with E-state index in [4.69, 9.17) is 10.00 Å². The van der Waals surface area contributed by atoms with Gasteiger partial charge in [0, 0.05) is 32.4 Å². The number of benzene rings is 1. The first-order chi connectivity index (χ1) is 14.2. The first kappa shape index (κ1) is 22.1. The lowest BCUT2D eigenvalue weighted by molar-refractivity contribution is 0.0741. The van der Waals surface area contributed by atoms with Gasteiger partial charge in [0.15, 0.2) is 15.0 Å². The highest BCUT2D eigenvalue weighted by Crippen LogP contribution is 2.27. The molecule has 0 unspecified atom stereocenters. The number of aromatic nitrogens is 1. The van der Waals surface area contributed by atoms with Crippen molar-refractivity contribution in [1.82, 2.24) is 9.88 Å². The van der Waals surface area contributed by atoms with Crippen LogP contribution in [0.1, 0.15) is 29.1 Å². The van der Waals surface area contributed by atoms with Gasteiger partial charge in [-0.2, -0.15) is 5.26 Å². The molecule has 0 spiro atoms. The van der Waals surface area contributed by atoms with Crippen LogP contribution in [-0.4, -0.2) is 63.3 Å². The van der Waals surface area contributed by atoms with Crippen molar-refractivity contribution in [3.05, 3.63) is 34.8 Å². The number of hydrogen-bond donors (Lipinski definition) is 0. The fourth-order valence-electron chi connectivity index (χ4n) is 3.02. The minimum absolute atomic E-state index is 0.0909. The molecule has 1 amide bonds. The fraction of sp³-hybridized carbons (Fsp3) is 0.450. The summed E-state index contributed by atoms with van der Waals surface area (Å²) in [6.45, 7) is 6.53. The molecule has 1 fully saturated rings. The van der Waals surface area contributed by atoms with Gasteiger partial charge >= 0.3 is 0 Å². The number of carbonyl (C=O) groups is 1. The van der Waals surface area contributed by atoms with Gasteiger partial charge in [-0.25, -0.2) is 13.4 Å². The van der Waals surface area contributed by atoms with E-state index < -0.39 is 9.84 Å². The fourth-order valence-corrected chi connectivity index (χ4v) is 4.44. The van der Waals surface area contributed by atoms with E-state index in [-0.39, 0.29) is 22.3 Å². The van der Waals surface area contributed by atoms with Crippen LogP contribution in [0, 0.1) is 17.2 Å². The number of rotatable bonds is 6. The minimum atomic E-state index is -3.45. The third kappa shape index (κ3) is 5.09. The molecule has 2 heterocycles. The number of anilines is 1. The highest BCUT2D eigenvalue weighted by Gasteiger charge is 2.27. The van der Waals surface area contributed by atoms with Gasteiger partial charge in [0.2, 0.25) is 0 Å². The topological polar surface area (TPSA) is 104 Å². The predicted octanol–water partition coefficient (Wildman–Crippen LogP) is 2.42. The summed E-state index contributed by atoms with van der Waals surface area (Å²) >= 11 is 1.33. The van der Waals surface area contributed by atoms with Crippen molar-refractivity contribution in [1.29, 1.82) is 5.26 Å². The van der Waals surface area contributed by atoms with Crippen molar-refractivity contribution >= 4 is 32.2 Å². The van der Waals surface area contributed by atoms with Crippen LogP contribution in [0.3, 0.4) is 0 Å². The number of sulfone groups is 1. The van der Waals surface area contributed by atoms with Crippen molar-refractivity contribution < 1.29 is 17.9 Å². The van der Waals surface area contributed by atoms with Gasteiger partial charge in [-0.15, -0.1) is 0 Å². The largest absolute Gasteiger partial charge is 0.492 e. The van der Waals surface area contributed by atoms with Gasteiger partial charge in [0.05, 0.1) is 23.3 Å². The smallest absolute Gasteiger partial charge is 0.257 e. The maximum atomic E-state index is 13.2. The van der Waals surface area contributed by atoms with E-state index in [0.29, 0.717) is 43.4 Å². The SMILES string of the molecule is CC(C)COc1ccc(S(C)(=O)=O)cc1C(=O)N1CCN(c2ncc(C#N)s2)CC1. The number of piperazine rings is 1. The van der Waals surface area contributed by atoms with Crippen LogP contribution in [0.4, 0.5) is 5.13 Å². The Morgan fingerprint density at radius 2 is 2.00 bits per heavy atom. The van der Waals surface area contributed by atoms with Gasteiger partial charge in [0.25, 0.3) is 5.91 Å². The van der Waals surface area contributed by atoms with E-state index in [1.807, 2.05) is 18.7 Å². The molecule has 0 radical (unpaired) electrons. The molecule has 1 aliphatic rings. The Morgan fingerprint density at radius 3 is 2.57 bits per heavy atom. The van der Waals surface area contributed by atoms with Crippen LogP contribution >= 0.6 is 11.3 Å². The lowest BCUT2D eigenvalue weighted by Gasteiger charge is -2.34. The van der Waals surface area contributed by atoms with Gasteiger partial charge in [-0.1, -0.05) is 25.2 Å². The number of hydrogen-bond acceptors (Lipinski definition) is 8. The van der Waals surface area contributed by atoms with Crippen molar-refractivity contribution in [3.8, 4) is 11.8 Å². The second-order valence-corrected chi connectivity index (χ2v) is 10.6. The Labute approximate surface area is 180 Å². The molecule has 1 saturated heterocycles. The second-order valence-electron chi connectivity index (χ2n) is 7.53. The number of ether oxygens (including phenoxy) is 1. The van der Waals surface area contributed by atoms with Crippen molar-refractivity contribution in [3.63, 3.8) is 0 Å². The first-order valence-corrected chi connectivity index (χ1v) is 12.3. The molecule has 1 aromatic carbocycles. The van der Waals surface area contributed by atoms with E-state index in [2.05, 4.69) is 11.1 Å². The molecule has 2 aromatic rings. The minimum Gasteiger partial charge on any atom is -0.492 e. The van der Waals surface area contributed by atoms with Gasteiger partial charge in [-0.3, -0.25) is 4.79 Å². The summed E-state index contributed by atoms with van der Waals surface area (Å²) in [5.41, 5.74) is 0.257. The first-order valence-electron chi connectivity index (χ1n) is 9.56. The van der Waals surface area contributed by atoms with E-state index in [1.165, 1.54) is 23.5 Å². The summed E-state index contributed by atoms with van der Waals surface area (Å²) in [4.78, 5) is 21.9. The molecule has 0 saturated carbocycles. The quantitative estimate of drug-likeness (QED) is 0.668. The summed E-state index contributed by atoms with van der Waals surface area (Å²) in [5.74, 6) is 0.403. The lowest BCUT2D eigenvalue weighted by atomic mass is 10.1. The molecule has 10 heteroatoms. The molecule has 0 atom stereocenters. The van der Waals surface area contributed by atoms with E-state index in [1.54, 1.807) is 17.2 Å². The molecule has 3 rings (SSSR count). The van der Waals surface area contributed by atoms with Gasteiger partial charge < -0.3 is 14.5 Å². The molecular formula is C20H24N4O4S2. The van der Waals surface area contributed by atoms with Crippen LogP contribution < -0.4 is 9.64 Å². The zero-order valence-electron chi connectivity index (χ0n) is 17.2. The standard InChI is InChI=1S/C20H24N4O4S2/c1-14(2)13-28-18-5-4-16(30(3,26)27)10-17(18)19(25)23-6-8-24(9-7-23)20-22-12-15(11-21)29-20/h4-5,10,12,14H,6-9,13H2,1-3H3. The normalized spacial score (nSPS) is 14.6. The molecular weight excluding hydrogens is 424 g/mol. The Hall–Kier alpha value is -2.64. The van der Waals surface area contributed by atoms with Crippen LogP contribution in [0.5, 0.6) is 5.75 Å². The average molecular weight is 449 g/mol. The molecule has 8 nitrogen and oxygen atoms in total. The number of carbonyl (C=O) groups excluding carboxylic acids is 1. The molecule has 160 valence electrons.